The third-order valence-electron chi connectivity index (χ3n) is 4.46. The third-order valence-corrected chi connectivity index (χ3v) is 5.36. The van der Waals surface area contributed by atoms with Gasteiger partial charge in [-0.1, -0.05) is 42.5 Å². The highest BCUT2D eigenvalue weighted by Crippen LogP contribution is 2.24. The lowest BCUT2D eigenvalue weighted by Gasteiger charge is -2.11. The average molecular weight is 380 g/mol. The summed E-state index contributed by atoms with van der Waals surface area (Å²) >= 11 is 0. The molecule has 3 N–H and O–H groups in total. The molecule has 3 aromatic carbocycles. The monoisotopic (exact) mass is 380 g/mol. The first kappa shape index (κ1) is 18.8. The summed E-state index contributed by atoms with van der Waals surface area (Å²) in [5.41, 5.74) is 2.87. The molecule has 0 aromatic heterocycles. The number of hydrogen-bond donors (Lipinski definition) is 2. The first-order chi connectivity index (χ1) is 12.8. The van der Waals surface area contributed by atoms with Crippen LogP contribution in [0.15, 0.2) is 65.6 Å². The second-order valence-electron chi connectivity index (χ2n) is 6.35. The number of nitrogens with one attached hydrogen (secondary N) is 1. The van der Waals surface area contributed by atoms with E-state index in [9.17, 15) is 13.2 Å². The summed E-state index contributed by atoms with van der Waals surface area (Å²) in [7, 11) is -3.85. The van der Waals surface area contributed by atoms with Gasteiger partial charge in [-0.25, -0.2) is 13.6 Å². The van der Waals surface area contributed by atoms with Crippen molar-refractivity contribution < 1.29 is 13.2 Å². The average Bonchev–Trinajstić information content (AvgIpc) is 2.62. The van der Waals surface area contributed by atoms with Gasteiger partial charge in [0.15, 0.2) is 0 Å². The molecule has 0 aliphatic heterocycles. The van der Waals surface area contributed by atoms with Gasteiger partial charge in [0.1, 0.15) is 0 Å². The van der Waals surface area contributed by atoms with Gasteiger partial charge in [-0.3, -0.25) is 4.79 Å². The van der Waals surface area contributed by atoms with E-state index in [-0.39, 0.29) is 10.8 Å². The maximum Gasteiger partial charge on any atom is 0.248 e. The lowest BCUT2D eigenvalue weighted by Crippen LogP contribution is -2.15. The third kappa shape index (κ3) is 4.24. The Morgan fingerprint density at radius 3 is 2.48 bits per heavy atom. The van der Waals surface area contributed by atoms with Crippen molar-refractivity contribution in [1.29, 1.82) is 0 Å². The minimum atomic E-state index is -3.85. The number of sulfonamides is 1. The number of anilines is 1. The van der Waals surface area contributed by atoms with Crippen LogP contribution in [0.4, 0.5) is 5.69 Å². The van der Waals surface area contributed by atoms with E-state index in [0.29, 0.717) is 5.69 Å². The molecule has 0 saturated carbocycles. The summed E-state index contributed by atoms with van der Waals surface area (Å²) in [5.74, 6) is -0.350. The number of benzene rings is 3. The molecule has 138 valence electrons. The Hall–Kier alpha value is -2.96. The fraction of sp³-hybridized carbons (Fsp3) is 0.0952. The predicted molar refractivity (Wildman–Crippen MR) is 109 cm³/mol. The van der Waals surface area contributed by atoms with Crippen molar-refractivity contribution in [2.75, 3.05) is 5.32 Å². The largest absolute Gasteiger partial charge is 0.322 e. The predicted octanol–water partition coefficient (Wildman–Crippen LogP) is 3.76. The van der Waals surface area contributed by atoms with Crippen LogP contribution in [0.5, 0.6) is 0 Å². The summed E-state index contributed by atoms with van der Waals surface area (Å²) in [6.07, 6.45) is 3.17. The van der Waals surface area contributed by atoms with E-state index in [1.807, 2.05) is 49.4 Å². The Morgan fingerprint density at radius 2 is 1.74 bits per heavy atom. The second kappa shape index (κ2) is 7.34. The fourth-order valence-corrected chi connectivity index (χ4v) is 3.48. The summed E-state index contributed by atoms with van der Waals surface area (Å²) in [6, 6.07) is 16.7. The highest BCUT2D eigenvalue weighted by atomic mass is 32.2. The van der Waals surface area contributed by atoms with E-state index in [0.717, 1.165) is 27.5 Å². The summed E-state index contributed by atoms with van der Waals surface area (Å²) < 4.78 is 23.2. The molecule has 0 spiro atoms. The van der Waals surface area contributed by atoms with Gasteiger partial charge >= 0.3 is 0 Å². The normalized spacial score (nSPS) is 11.8. The summed E-state index contributed by atoms with van der Waals surface area (Å²) in [4.78, 5) is 12.3. The molecule has 0 aliphatic carbocycles. The van der Waals surface area contributed by atoms with Gasteiger partial charge in [0, 0.05) is 11.8 Å². The Labute approximate surface area is 158 Å². The molecule has 0 unspecified atom stereocenters. The van der Waals surface area contributed by atoms with Gasteiger partial charge in [0.05, 0.1) is 4.90 Å². The van der Waals surface area contributed by atoms with E-state index in [1.54, 1.807) is 13.0 Å². The molecule has 0 radical (unpaired) electrons. The van der Waals surface area contributed by atoms with E-state index in [4.69, 9.17) is 5.14 Å². The van der Waals surface area contributed by atoms with Crippen LogP contribution in [0.3, 0.4) is 0 Å². The van der Waals surface area contributed by atoms with Crippen molar-refractivity contribution in [3.8, 4) is 0 Å². The van der Waals surface area contributed by atoms with Gasteiger partial charge in [-0.05, 0) is 59.5 Å². The van der Waals surface area contributed by atoms with E-state index >= 15 is 0 Å². The zero-order valence-corrected chi connectivity index (χ0v) is 15.9. The van der Waals surface area contributed by atoms with Crippen LogP contribution in [-0.4, -0.2) is 14.3 Å². The second-order valence-corrected chi connectivity index (χ2v) is 7.91. The van der Waals surface area contributed by atoms with Crippen LogP contribution in [0, 0.1) is 13.8 Å². The number of aryl methyl sites for hydroxylation is 1. The van der Waals surface area contributed by atoms with Crippen molar-refractivity contribution in [2.24, 2.45) is 5.14 Å². The fourth-order valence-electron chi connectivity index (χ4n) is 2.86. The highest BCUT2D eigenvalue weighted by Gasteiger charge is 2.13. The smallest absolute Gasteiger partial charge is 0.248 e. The Balaban J connectivity index is 1.88. The first-order valence-electron chi connectivity index (χ1n) is 8.36. The van der Waals surface area contributed by atoms with Gasteiger partial charge < -0.3 is 5.32 Å². The van der Waals surface area contributed by atoms with Crippen LogP contribution < -0.4 is 10.5 Å². The minimum Gasteiger partial charge on any atom is -0.322 e. The van der Waals surface area contributed by atoms with Crippen LogP contribution in [0.25, 0.3) is 16.8 Å². The van der Waals surface area contributed by atoms with Crippen molar-refractivity contribution in [2.45, 2.75) is 18.7 Å². The molecule has 5 nitrogen and oxygen atoms in total. The van der Waals surface area contributed by atoms with Crippen molar-refractivity contribution >= 4 is 38.5 Å². The molecule has 27 heavy (non-hydrogen) atoms. The molecule has 1 amide bonds. The van der Waals surface area contributed by atoms with Gasteiger partial charge in [0.25, 0.3) is 0 Å². The quantitative estimate of drug-likeness (QED) is 0.676. The van der Waals surface area contributed by atoms with Crippen molar-refractivity contribution in [3.05, 3.63) is 77.4 Å². The van der Waals surface area contributed by atoms with Crippen molar-refractivity contribution in [3.63, 3.8) is 0 Å². The lowest BCUT2D eigenvalue weighted by atomic mass is 10.0. The topological polar surface area (TPSA) is 89.3 Å². The maximum atomic E-state index is 12.4. The van der Waals surface area contributed by atoms with Crippen LogP contribution >= 0.6 is 0 Å². The van der Waals surface area contributed by atoms with Crippen LogP contribution in [-0.2, 0) is 14.8 Å². The molecule has 3 aromatic rings. The molecular formula is C21H20N2O3S. The number of primary sulfonamides is 1. The molecule has 0 atom stereocenters. The Bertz CT molecular complexity index is 1160. The van der Waals surface area contributed by atoms with Crippen LogP contribution in [0.2, 0.25) is 0 Å². The van der Waals surface area contributed by atoms with Gasteiger partial charge in [0.2, 0.25) is 15.9 Å². The molecular weight excluding hydrogens is 360 g/mol. The number of carbonyl (C=O) groups is 1. The summed E-state index contributed by atoms with van der Waals surface area (Å²) in [6.45, 7) is 3.58. The van der Waals surface area contributed by atoms with Gasteiger partial charge in [-0.15, -0.1) is 0 Å². The van der Waals surface area contributed by atoms with E-state index in [1.165, 1.54) is 18.2 Å². The zero-order valence-electron chi connectivity index (χ0n) is 15.1. The number of rotatable bonds is 4. The SMILES string of the molecule is Cc1cc(S(N)(=O)=O)cc(NC(=O)/C=C/c2cccc3ccccc23)c1C. The van der Waals surface area contributed by atoms with Crippen LogP contribution in [0.1, 0.15) is 16.7 Å². The Morgan fingerprint density at radius 1 is 1.04 bits per heavy atom. The maximum absolute atomic E-state index is 12.4. The molecule has 6 heteroatoms. The lowest BCUT2D eigenvalue weighted by molar-refractivity contribution is -0.111. The van der Waals surface area contributed by atoms with E-state index < -0.39 is 10.0 Å². The highest BCUT2D eigenvalue weighted by molar-refractivity contribution is 7.89. The zero-order chi connectivity index (χ0) is 19.6. The van der Waals surface area contributed by atoms with E-state index in [2.05, 4.69) is 5.32 Å². The number of amides is 1. The Kier molecular flexibility index (Phi) is 5.12. The number of nitrogens with two attached hydrogens (primary N) is 1. The number of fused-ring (bicyclic) bond motifs is 1. The molecule has 0 heterocycles. The molecule has 0 fully saturated rings. The molecule has 0 bridgehead atoms. The molecule has 0 saturated heterocycles. The number of carbonyl (C=O) groups excluding carboxylic acids is 1. The van der Waals surface area contributed by atoms with Gasteiger partial charge in [-0.2, -0.15) is 0 Å². The molecule has 0 aliphatic rings. The standard InChI is InChI=1S/C21H20N2O3S/c1-14-12-18(27(22,25)26)13-20(15(14)2)23-21(24)11-10-17-8-5-7-16-6-3-4-9-19(16)17/h3-13H,1-2H3,(H,23,24)(H2,22,25,26)/b11-10+. The minimum absolute atomic E-state index is 0.0288. The van der Waals surface area contributed by atoms with Crippen molar-refractivity contribution in [1.82, 2.24) is 0 Å². The number of hydrogen-bond acceptors (Lipinski definition) is 3. The summed E-state index contributed by atoms with van der Waals surface area (Å²) in [5, 5.41) is 10.1. The molecule has 3 rings (SSSR count). The first-order valence-corrected chi connectivity index (χ1v) is 9.91.